The highest BCUT2D eigenvalue weighted by Gasteiger charge is 2.37. The molecule has 32 heavy (non-hydrogen) atoms. The monoisotopic (exact) mass is 436 g/mol. The molecule has 1 N–H and O–H groups in total. The zero-order valence-corrected chi connectivity index (χ0v) is 18.7. The molecule has 1 aliphatic heterocycles. The predicted octanol–water partition coefficient (Wildman–Crippen LogP) is 4.45. The molecular weight excluding hydrogens is 408 g/mol. The standard InChI is InChI=1S/C25H28N2O5/c1-29-19-9-5-17(6-10-19)26-13-14-27(18-7-11-20(30-2)12-8-18)25(26)24-22(28)15-21(31-3)16-23(24)32-4/h5-12,15-16,25,28H,13-14H2,1-4H3. The molecule has 0 saturated carbocycles. The molecule has 0 unspecified atom stereocenters. The Kier molecular flexibility index (Phi) is 6.16. The number of phenolic OH excluding ortho intramolecular Hbond substituents is 1. The van der Waals surface area contributed by atoms with Gasteiger partial charge in [-0.3, -0.25) is 0 Å². The molecule has 7 nitrogen and oxygen atoms in total. The summed E-state index contributed by atoms with van der Waals surface area (Å²) in [6, 6.07) is 19.3. The number of benzene rings is 3. The molecule has 0 spiro atoms. The van der Waals surface area contributed by atoms with Gasteiger partial charge in [0.2, 0.25) is 0 Å². The van der Waals surface area contributed by atoms with E-state index in [4.69, 9.17) is 18.9 Å². The van der Waals surface area contributed by atoms with Gasteiger partial charge in [0.25, 0.3) is 0 Å². The maximum absolute atomic E-state index is 11.0. The van der Waals surface area contributed by atoms with Crippen molar-refractivity contribution in [1.82, 2.24) is 0 Å². The Bertz CT molecular complexity index is 998. The van der Waals surface area contributed by atoms with Crippen LogP contribution in [0, 0.1) is 0 Å². The zero-order valence-electron chi connectivity index (χ0n) is 18.7. The van der Waals surface area contributed by atoms with Gasteiger partial charge in [0.05, 0.1) is 34.0 Å². The van der Waals surface area contributed by atoms with E-state index in [1.165, 1.54) is 0 Å². The lowest BCUT2D eigenvalue weighted by atomic mass is 10.1. The average Bonchev–Trinajstić information content (AvgIpc) is 3.27. The van der Waals surface area contributed by atoms with E-state index < -0.39 is 0 Å². The summed E-state index contributed by atoms with van der Waals surface area (Å²) in [5, 5.41) is 11.0. The molecule has 1 aliphatic rings. The smallest absolute Gasteiger partial charge is 0.135 e. The molecule has 4 rings (SSSR count). The summed E-state index contributed by atoms with van der Waals surface area (Å²) >= 11 is 0. The van der Waals surface area contributed by atoms with E-state index in [2.05, 4.69) is 9.80 Å². The lowest BCUT2D eigenvalue weighted by molar-refractivity contribution is 0.375. The van der Waals surface area contributed by atoms with Crippen LogP contribution in [0.3, 0.4) is 0 Å². The molecular formula is C25H28N2O5. The molecule has 7 heteroatoms. The van der Waals surface area contributed by atoms with E-state index in [1.54, 1.807) is 40.6 Å². The fourth-order valence-corrected chi connectivity index (χ4v) is 4.16. The first-order valence-corrected chi connectivity index (χ1v) is 10.4. The van der Waals surface area contributed by atoms with Crippen molar-refractivity contribution in [3.63, 3.8) is 0 Å². The average molecular weight is 437 g/mol. The topological polar surface area (TPSA) is 63.6 Å². The SMILES string of the molecule is COc1ccc(N2CCN(c3ccc(OC)cc3)C2c2c(O)cc(OC)cc2OC)cc1. The van der Waals surface area contributed by atoms with Gasteiger partial charge in [-0.05, 0) is 48.5 Å². The number of rotatable bonds is 7. The number of phenols is 1. The van der Waals surface area contributed by atoms with Crippen LogP contribution in [0.2, 0.25) is 0 Å². The second-order valence-electron chi connectivity index (χ2n) is 7.42. The number of aromatic hydroxyl groups is 1. The van der Waals surface area contributed by atoms with Crippen molar-refractivity contribution in [1.29, 1.82) is 0 Å². The summed E-state index contributed by atoms with van der Waals surface area (Å²) in [6.07, 6.45) is -0.294. The molecule has 0 aliphatic carbocycles. The Labute approximate surface area is 188 Å². The fourth-order valence-electron chi connectivity index (χ4n) is 4.16. The van der Waals surface area contributed by atoms with E-state index in [0.29, 0.717) is 17.1 Å². The second kappa shape index (κ2) is 9.18. The lowest BCUT2D eigenvalue weighted by Gasteiger charge is -2.34. The van der Waals surface area contributed by atoms with E-state index >= 15 is 0 Å². The number of anilines is 2. The first-order chi connectivity index (χ1) is 15.6. The molecule has 3 aromatic carbocycles. The van der Waals surface area contributed by atoms with Crippen LogP contribution in [0.15, 0.2) is 60.7 Å². The highest BCUT2D eigenvalue weighted by molar-refractivity contribution is 5.64. The Morgan fingerprint density at radius 1 is 0.656 bits per heavy atom. The summed E-state index contributed by atoms with van der Waals surface area (Å²) in [5.41, 5.74) is 2.71. The van der Waals surface area contributed by atoms with Gasteiger partial charge in [0.1, 0.15) is 34.9 Å². The molecule has 0 amide bonds. The minimum atomic E-state index is -0.294. The van der Waals surface area contributed by atoms with E-state index in [9.17, 15) is 5.11 Å². The number of hydrogen-bond acceptors (Lipinski definition) is 7. The van der Waals surface area contributed by atoms with Gasteiger partial charge in [-0.2, -0.15) is 0 Å². The number of nitrogens with zero attached hydrogens (tertiary/aromatic N) is 2. The molecule has 1 fully saturated rings. The molecule has 0 bridgehead atoms. The molecule has 1 saturated heterocycles. The minimum absolute atomic E-state index is 0.116. The van der Waals surface area contributed by atoms with Crippen molar-refractivity contribution >= 4 is 11.4 Å². The van der Waals surface area contributed by atoms with Crippen molar-refractivity contribution in [2.75, 3.05) is 51.3 Å². The number of ether oxygens (including phenoxy) is 4. The quantitative estimate of drug-likeness (QED) is 0.587. The van der Waals surface area contributed by atoms with Crippen molar-refractivity contribution < 1.29 is 24.1 Å². The molecule has 3 aromatic rings. The first-order valence-electron chi connectivity index (χ1n) is 10.4. The normalized spacial score (nSPS) is 13.9. The molecule has 0 radical (unpaired) electrons. The molecule has 1 heterocycles. The molecule has 0 atom stereocenters. The van der Waals surface area contributed by atoms with E-state index in [-0.39, 0.29) is 11.9 Å². The van der Waals surface area contributed by atoms with Crippen LogP contribution in [-0.2, 0) is 0 Å². The molecule has 0 aromatic heterocycles. The highest BCUT2D eigenvalue weighted by Crippen LogP contribution is 2.46. The van der Waals surface area contributed by atoms with Crippen molar-refractivity contribution in [3.05, 3.63) is 66.2 Å². The summed E-state index contributed by atoms with van der Waals surface area (Å²) in [7, 11) is 6.47. The van der Waals surface area contributed by atoms with Gasteiger partial charge in [0, 0.05) is 36.6 Å². The Balaban J connectivity index is 1.83. The maximum atomic E-state index is 11.0. The lowest BCUT2D eigenvalue weighted by Crippen LogP contribution is -2.31. The van der Waals surface area contributed by atoms with Crippen molar-refractivity contribution in [2.24, 2.45) is 0 Å². The summed E-state index contributed by atoms with van der Waals surface area (Å²) < 4.78 is 21.7. The molecule has 168 valence electrons. The maximum Gasteiger partial charge on any atom is 0.135 e. The van der Waals surface area contributed by atoms with Gasteiger partial charge in [-0.25, -0.2) is 0 Å². The minimum Gasteiger partial charge on any atom is -0.507 e. The van der Waals surface area contributed by atoms with Gasteiger partial charge in [0.15, 0.2) is 0 Å². The van der Waals surface area contributed by atoms with Crippen LogP contribution in [0.25, 0.3) is 0 Å². The zero-order chi connectivity index (χ0) is 22.7. The Morgan fingerprint density at radius 3 is 1.53 bits per heavy atom. The largest absolute Gasteiger partial charge is 0.507 e. The van der Waals surface area contributed by atoms with Crippen LogP contribution in [-0.4, -0.2) is 46.6 Å². The third-order valence-corrected chi connectivity index (χ3v) is 5.79. The van der Waals surface area contributed by atoms with Gasteiger partial charge in [-0.1, -0.05) is 0 Å². The summed E-state index contributed by atoms with van der Waals surface area (Å²) in [5.74, 6) is 2.80. The van der Waals surface area contributed by atoms with Gasteiger partial charge < -0.3 is 33.9 Å². The van der Waals surface area contributed by atoms with Crippen LogP contribution in [0.1, 0.15) is 11.7 Å². The first kappa shape index (κ1) is 21.5. The summed E-state index contributed by atoms with van der Waals surface area (Å²) in [4.78, 5) is 4.49. The third kappa shape index (κ3) is 3.93. The number of methoxy groups -OCH3 is 4. The van der Waals surface area contributed by atoms with E-state index in [0.717, 1.165) is 36.0 Å². The number of hydrogen-bond donors (Lipinski definition) is 1. The van der Waals surface area contributed by atoms with Crippen LogP contribution in [0.5, 0.6) is 28.7 Å². The Morgan fingerprint density at radius 2 is 1.12 bits per heavy atom. The van der Waals surface area contributed by atoms with Crippen LogP contribution < -0.4 is 28.7 Å². The van der Waals surface area contributed by atoms with Crippen LogP contribution >= 0.6 is 0 Å². The Hall–Kier alpha value is -3.74. The highest BCUT2D eigenvalue weighted by atomic mass is 16.5. The summed E-state index contributed by atoms with van der Waals surface area (Å²) in [6.45, 7) is 1.52. The predicted molar refractivity (Wildman–Crippen MR) is 125 cm³/mol. The third-order valence-electron chi connectivity index (χ3n) is 5.79. The van der Waals surface area contributed by atoms with Crippen LogP contribution in [0.4, 0.5) is 11.4 Å². The van der Waals surface area contributed by atoms with Crippen molar-refractivity contribution in [2.45, 2.75) is 6.17 Å². The van der Waals surface area contributed by atoms with Gasteiger partial charge >= 0.3 is 0 Å². The van der Waals surface area contributed by atoms with Gasteiger partial charge in [-0.15, -0.1) is 0 Å². The van der Waals surface area contributed by atoms with Crippen molar-refractivity contribution in [3.8, 4) is 28.7 Å². The van der Waals surface area contributed by atoms with E-state index in [1.807, 2.05) is 48.5 Å². The second-order valence-corrected chi connectivity index (χ2v) is 7.42. The fraction of sp³-hybridized carbons (Fsp3) is 0.280.